The van der Waals surface area contributed by atoms with Crippen molar-refractivity contribution in [2.75, 3.05) is 11.9 Å². The van der Waals surface area contributed by atoms with E-state index in [9.17, 15) is 4.79 Å². The third-order valence-corrected chi connectivity index (χ3v) is 3.40. The quantitative estimate of drug-likeness (QED) is 0.887. The number of nitrogens with one attached hydrogen (secondary N) is 1. The van der Waals surface area contributed by atoms with Gasteiger partial charge in [0.25, 0.3) is 0 Å². The van der Waals surface area contributed by atoms with Crippen molar-refractivity contribution in [2.24, 2.45) is 0 Å². The minimum absolute atomic E-state index is 0.229. The highest BCUT2D eigenvalue weighted by molar-refractivity contribution is 9.10. The standard InChI is InChI=1S/C11H12BrNO2/c12-8-2-1-3-9-11(8)7(6-13-9)4-5-10(14)15/h1-3,7,13H,4-6H2,(H,14,15). The van der Waals surface area contributed by atoms with Crippen LogP contribution < -0.4 is 5.32 Å². The van der Waals surface area contributed by atoms with Gasteiger partial charge in [-0.3, -0.25) is 4.79 Å². The van der Waals surface area contributed by atoms with Crippen LogP contribution in [0.25, 0.3) is 0 Å². The highest BCUT2D eigenvalue weighted by atomic mass is 79.9. The molecule has 1 aromatic rings. The maximum atomic E-state index is 10.5. The Bertz CT molecular complexity index is 392. The van der Waals surface area contributed by atoms with Gasteiger partial charge in [-0.25, -0.2) is 0 Å². The molecular weight excluding hydrogens is 258 g/mol. The number of carboxylic acids is 1. The van der Waals surface area contributed by atoms with Crippen molar-refractivity contribution < 1.29 is 9.90 Å². The van der Waals surface area contributed by atoms with Crippen LogP contribution in [0.3, 0.4) is 0 Å². The summed E-state index contributed by atoms with van der Waals surface area (Å²) in [7, 11) is 0. The van der Waals surface area contributed by atoms with E-state index in [-0.39, 0.29) is 6.42 Å². The van der Waals surface area contributed by atoms with Gasteiger partial charge < -0.3 is 10.4 Å². The molecule has 1 heterocycles. The molecule has 0 fully saturated rings. The van der Waals surface area contributed by atoms with E-state index in [0.717, 1.165) is 16.7 Å². The van der Waals surface area contributed by atoms with Crippen molar-refractivity contribution in [1.29, 1.82) is 0 Å². The van der Waals surface area contributed by atoms with Crippen LogP contribution in [0, 0.1) is 0 Å². The van der Waals surface area contributed by atoms with Gasteiger partial charge in [-0.05, 0) is 24.1 Å². The van der Waals surface area contributed by atoms with Crippen LogP contribution in [0.5, 0.6) is 0 Å². The predicted octanol–water partition coefficient (Wildman–Crippen LogP) is 2.82. The van der Waals surface area contributed by atoms with E-state index in [1.54, 1.807) is 0 Å². The molecule has 0 spiro atoms. The molecule has 1 aromatic carbocycles. The number of hydrogen-bond acceptors (Lipinski definition) is 2. The molecule has 3 nitrogen and oxygen atoms in total. The first kappa shape index (κ1) is 10.5. The van der Waals surface area contributed by atoms with Gasteiger partial charge in [-0.1, -0.05) is 22.0 Å². The number of anilines is 1. The lowest BCUT2D eigenvalue weighted by molar-refractivity contribution is -0.137. The Morgan fingerprint density at radius 1 is 1.60 bits per heavy atom. The normalized spacial score (nSPS) is 18.3. The summed E-state index contributed by atoms with van der Waals surface area (Å²) >= 11 is 3.51. The zero-order valence-corrected chi connectivity index (χ0v) is 9.75. The lowest BCUT2D eigenvalue weighted by Gasteiger charge is -2.09. The lowest BCUT2D eigenvalue weighted by atomic mass is 9.96. The third kappa shape index (κ3) is 2.15. The molecule has 80 valence electrons. The number of hydrogen-bond donors (Lipinski definition) is 2. The minimum Gasteiger partial charge on any atom is -0.481 e. The maximum Gasteiger partial charge on any atom is 0.303 e. The van der Waals surface area contributed by atoms with Crippen LogP contribution in [-0.2, 0) is 4.79 Å². The Morgan fingerprint density at radius 3 is 3.13 bits per heavy atom. The van der Waals surface area contributed by atoms with Gasteiger partial charge in [0.1, 0.15) is 0 Å². The Kier molecular flexibility index (Phi) is 2.95. The van der Waals surface area contributed by atoms with Crippen molar-refractivity contribution >= 4 is 27.6 Å². The summed E-state index contributed by atoms with van der Waals surface area (Å²) < 4.78 is 1.07. The number of carboxylic acid groups (broad SMARTS) is 1. The van der Waals surface area contributed by atoms with Crippen LogP contribution in [0.2, 0.25) is 0 Å². The number of benzene rings is 1. The van der Waals surface area contributed by atoms with Gasteiger partial charge in [0.15, 0.2) is 0 Å². The SMILES string of the molecule is O=C(O)CCC1CNc2cccc(Br)c21. The van der Waals surface area contributed by atoms with E-state index in [2.05, 4.69) is 21.2 Å². The second-order valence-electron chi connectivity index (χ2n) is 3.71. The van der Waals surface area contributed by atoms with E-state index in [1.165, 1.54) is 5.56 Å². The summed E-state index contributed by atoms with van der Waals surface area (Å²) in [5, 5.41) is 12.0. The van der Waals surface area contributed by atoms with E-state index >= 15 is 0 Å². The fraction of sp³-hybridized carbons (Fsp3) is 0.364. The zero-order chi connectivity index (χ0) is 10.8. The topological polar surface area (TPSA) is 49.3 Å². The van der Waals surface area contributed by atoms with E-state index in [0.29, 0.717) is 12.3 Å². The molecule has 1 aliphatic heterocycles. The first-order valence-corrected chi connectivity index (χ1v) is 5.72. The van der Waals surface area contributed by atoms with Crippen molar-refractivity contribution in [2.45, 2.75) is 18.8 Å². The molecule has 1 atom stereocenters. The predicted molar refractivity (Wildman–Crippen MR) is 62.2 cm³/mol. The van der Waals surface area contributed by atoms with Crippen molar-refractivity contribution in [3.8, 4) is 0 Å². The van der Waals surface area contributed by atoms with Gasteiger partial charge in [-0.2, -0.15) is 0 Å². The fourth-order valence-electron chi connectivity index (χ4n) is 1.99. The molecule has 1 unspecified atom stereocenters. The number of aliphatic carboxylic acids is 1. The van der Waals surface area contributed by atoms with E-state index in [4.69, 9.17) is 5.11 Å². The Labute approximate surface area is 96.6 Å². The summed E-state index contributed by atoms with van der Waals surface area (Å²) in [4.78, 5) is 10.5. The summed E-state index contributed by atoms with van der Waals surface area (Å²) in [6.07, 6.45) is 0.922. The molecule has 0 amide bonds. The van der Waals surface area contributed by atoms with E-state index < -0.39 is 5.97 Å². The molecule has 0 saturated carbocycles. The molecule has 0 bridgehead atoms. The number of halogens is 1. The van der Waals surface area contributed by atoms with Crippen LogP contribution in [-0.4, -0.2) is 17.6 Å². The van der Waals surface area contributed by atoms with Crippen molar-refractivity contribution in [3.05, 3.63) is 28.2 Å². The Morgan fingerprint density at radius 2 is 2.40 bits per heavy atom. The van der Waals surface area contributed by atoms with Crippen LogP contribution in [0.15, 0.2) is 22.7 Å². The second kappa shape index (κ2) is 4.23. The molecule has 1 aliphatic rings. The van der Waals surface area contributed by atoms with Crippen LogP contribution >= 0.6 is 15.9 Å². The molecule has 2 N–H and O–H groups in total. The highest BCUT2D eigenvalue weighted by Gasteiger charge is 2.24. The fourth-order valence-corrected chi connectivity index (χ4v) is 2.68. The number of fused-ring (bicyclic) bond motifs is 1. The van der Waals surface area contributed by atoms with Crippen molar-refractivity contribution in [3.63, 3.8) is 0 Å². The molecule has 0 aromatic heterocycles. The zero-order valence-electron chi connectivity index (χ0n) is 8.16. The number of carbonyl (C=O) groups is 1. The highest BCUT2D eigenvalue weighted by Crippen LogP contribution is 2.39. The average Bonchev–Trinajstić information content (AvgIpc) is 2.59. The molecular formula is C11H12BrNO2. The first-order valence-electron chi connectivity index (χ1n) is 4.92. The van der Waals surface area contributed by atoms with Crippen LogP contribution in [0.1, 0.15) is 24.3 Å². The first-order chi connectivity index (χ1) is 7.18. The molecule has 0 aliphatic carbocycles. The second-order valence-corrected chi connectivity index (χ2v) is 4.57. The largest absolute Gasteiger partial charge is 0.481 e. The summed E-state index contributed by atoms with van der Waals surface area (Å²) in [6.45, 7) is 0.839. The Balaban J connectivity index is 2.17. The molecule has 15 heavy (non-hydrogen) atoms. The monoisotopic (exact) mass is 269 g/mol. The van der Waals surface area contributed by atoms with Gasteiger partial charge in [0.2, 0.25) is 0 Å². The van der Waals surface area contributed by atoms with E-state index in [1.807, 2.05) is 18.2 Å². The van der Waals surface area contributed by atoms with Gasteiger partial charge in [0.05, 0.1) is 0 Å². The molecule has 4 heteroatoms. The third-order valence-electron chi connectivity index (χ3n) is 2.71. The summed E-state index contributed by atoms with van der Waals surface area (Å²) in [5.41, 5.74) is 2.35. The smallest absolute Gasteiger partial charge is 0.303 e. The average molecular weight is 270 g/mol. The number of rotatable bonds is 3. The van der Waals surface area contributed by atoms with Gasteiger partial charge in [0, 0.05) is 29.0 Å². The van der Waals surface area contributed by atoms with Crippen LogP contribution in [0.4, 0.5) is 5.69 Å². The summed E-state index contributed by atoms with van der Waals surface area (Å²) in [6, 6.07) is 6.01. The molecule has 0 radical (unpaired) electrons. The molecule has 2 rings (SSSR count). The Hall–Kier alpha value is -1.03. The van der Waals surface area contributed by atoms with Crippen molar-refractivity contribution in [1.82, 2.24) is 0 Å². The van der Waals surface area contributed by atoms with Gasteiger partial charge in [-0.15, -0.1) is 0 Å². The molecule has 0 saturated heterocycles. The van der Waals surface area contributed by atoms with Gasteiger partial charge >= 0.3 is 5.97 Å². The minimum atomic E-state index is -0.726. The summed E-state index contributed by atoms with van der Waals surface area (Å²) in [5.74, 6) is -0.415. The maximum absolute atomic E-state index is 10.5. The lowest BCUT2D eigenvalue weighted by Crippen LogP contribution is -2.05.